The number of rotatable bonds is 8. The molecule has 10 heteroatoms. The average molecular weight is 495 g/mol. The van der Waals surface area contributed by atoms with Crippen molar-refractivity contribution in [2.24, 2.45) is 0 Å². The molecule has 2 unspecified atom stereocenters. The number of anilines is 1. The summed E-state index contributed by atoms with van der Waals surface area (Å²) in [6.45, 7) is 2.57. The fourth-order valence-electron chi connectivity index (χ4n) is 4.52. The average Bonchev–Trinajstić information content (AvgIpc) is 2.90. The number of esters is 1. The topological polar surface area (TPSA) is 117 Å². The predicted molar refractivity (Wildman–Crippen MR) is 131 cm³/mol. The van der Waals surface area contributed by atoms with Crippen LogP contribution in [0.1, 0.15) is 35.7 Å². The van der Waals surface area contributed by atoms with E-state index < -0.39 is 30.0 Å². The Morgan fingerprint density at radius 3 is 2.47 bits per heavy atom. The first-order chi connectivity index (χ1) is 17.4. The third-order valence-corrected chi connectivity index (χ3v) is 6.33. The van der Waals surface area contributed by atoms with E-state index in [4.69, 9.17) is 9.47 Å². The van der Waals surface area contributed by atoms with Crippen LogP contribution in [0.2, 0.25) is 0 Å². The Bertz CT molecular complexity index is 1120. The second kappa shape index (κ2) is 11.2. The first kappa shape index (κ1) is 25.2. The standard InChI is InChI=1S/C26H30N4O6/c1-3-36-25(33)18-8-10-19(11-9-18)28-22(31)16-29-21-5-4-14-27-23(21)24(32)30(26(29)34)15-17-6-12-20(35-2)13-7-17/h6-13,21,23,27H,3-5,14-16H2,1-2H3,(H,28,31). The molecular weight excluding hydrogens is 464 g/mol. The Morgan fingerprint density at radius 1 is 1.08 bits per heavy atom. The summed E-state index contributed by atoms with van der Waals surface area (Å²) in [4.78, 5) is 54.1. The number of hydrogen-bond acceptors (Lipinski definition) is 7. The first-order valence-corrected chi connectivity index (χ1v) is 12.0. The Balaban J connectivity index is 1.47. The van der Waals surface area contributed by atoms with E-state index in [2.05, 4.69) is 10.6 Å². The largest absolute Gasteiger partial charge is 0.497 e. The van der Waals surface area contributed by atoms with E-state index in [-0.39, 0.29) is 25.6 Å². The van der Waals surface area contributed by atoms with Crippen molar-refractivity contribution in [3.05, 3.63) is 59.7 Å². The van der Waals surface area contributed by atoms with Crippen molar-refractivity contribution in [2.45, 2.75) is 38.4 Å². The maximum Gasteiger partial charge on any atom is 0.338 e. The number of ether oxygens (including phenoxy) is 2. The number of amides is 4. The van der Waals surface area contributed by atoms with Crippen molar-refractivity contribution in [1.29, 1.82) is 0 Å². The molecule has 0 aliphatic carbocycles. The van der Waals surface area contributed by atoms with Gasteiger partial charge >= 0.3 is 12.0 Å². The maximum atomic E-state index is 13.4. The van der Waals surface area contributed by atoms with Crippen molar-refractivity contribution in [3.8, 4) is 5.75 Å². The molecule has 0 spiro atoms. The molecule has 2 saturated heterocycles. The molecule has 2 heterocycles. The summed E-state index contributed by atoms with van der Waals surface area (Å²) >= 11 is 0. The second-order valence-corrected chi connectivity index (χ2v) is 8.67. The van der Waals surface area contributed by atoms with E-state index in [0.717, 1.165) is 12.0 Å². The van der Waals surface area contributed by atoms with Crippen LogP contribution in [0, 0.1) is 0 Å². The molecule has 0 aromatic heterocycles. The van der Waals surface area contributed by atoms with Gasteiger partial charge in [0.05, 0.1) is 31.9 Å². The van der Waals surface area contributed by atoms with Crippen molar-refractivity contribution in [3.63, 3.8) is 0 Å². The van der Waals surface area contributed by atoms with Crippen LogP contribution in [0.3, 0.4) is 0 Å². The van der Waals surface area contributed by atoms with E-state index in [1.54, 1.807) is 62.6 Å². The fraction of sp³-hybridized carbons (Fsp3) is 0.385. The van der Waals surface area contributed by atoms with Crippen molar-refractivity contribution in [1.82, 2.24) is 15.1 Å². The molecule has 10 nitrogen and oxygen atoms in total. The zero-order valence-electron chi connectivity index (χ0n) is 20.4. The monoisotopic (exact) mass is 494 g/mol. The Morgan fingerprint density at radius 2 is 1.81 bits per heavy atom. The van der Waals surface area contributed by atoms with Gasteiger partial charge in [0, 0.05) is 5.69 Å². The molecule has 36 heavy (non-hydrogen) atoms. The smallest absolute Gasteiger partial charge is 0.338 e. The summed E-state index contributed by atoms with van der Waals surface area (Å²) in [6, 6.07) is 12.0. The molecule has 2 aromatic rings. The minimum Gasteiger partial charge on any atom is -0.497 e. The molecule has 0 radical (unpaired) electrons. The molecular formula is C26H30N4O6. The van der Waals surface area contributed by atoms with Crippen LogP contribution in [0.15, 0.2) is 48.5 Å². The lowest BCUT2D eigenvalue weighted by Gasteiger charge is -2.46. The SMILES string of the molecule is CCOC(=O)c1ccc(NC(=O)CN2C(=O)N(Cc3ccc(OC)cc3)C(=O)C3NCCCC32)cc1. The number of nitrogens with one attached hydrogen (secondary N) is 2. The lowest BCUT2D eigenvalue weighted by Crippen LogP contribution is -2.70. The lowest BCUT2D eigenvalue weighted by molar-refractivity contribution is -0.138. The van der Waals surface area contributed by atoms with Gasteiger partial charge in [0.2, 0.25) is 11.8 Å². The van der Waals surface area contributed by atoms with Crippen LogP contribution in [0.5, 0.6) is 5.75 Å². The molecule has 2 aliphatic rings. The van der Waals surface area contributed by atoms with E-state index in [1.807, 2.05) is 0 Å². The molecule has 2 aromatic carbocycles. The molecule has 2 atom stereocenters. The summed E-state index contributed by atoms with van der Waals surface area (Å²) < 4.78 is 10.1. The number of imide groups is 1. The summed E-state index contributed by atoms with van der Waals surface area (Å²) in [5, 5.41) is 5.99. The quantitative estimate of drug-likeness (QED) is 0.541. The predicted octanol–water partition coefficient (Wildman–Crippen LogP) is 2.40. The molecule has 190 valence electrons. The van der Waals surface area contributed by atoms with Crippen LogP contribution in [-0.4, -0.2) is 72.5 Å². The third-order valence-electron chi connectivity index (χ3n) is 6.33. The van der Waals surface area contributed by atoms with Crippen molar-refractivity contribution < 1.29 is 28.7 Å². The van der Waals surface area contributed by atoms with Gasteiger partial charge in [0.25, 0.3) is 0 Å². The molecule has 0 saturated carbocycles. The summed E-state index contributed by atoms with van der Waals surface area (Å²) in [5.41, 5.74) is 1.64. The number of fused-ring (bicyclic) bond motifs is 1. The highest BCUT2D eigenvalue weighted by molar-refractivity contribution is 6.03. The molecule has 2 fully saturated rings. The van der Waals surface area contributed by atoms with Crippen LogP contribution in [-0.2, 0) is 20.9 Å². The zero-order chi connectivity index (χ0) is 25.7. The number of nitrogens with zero attached hydrogens (tertiary/aromatic N) is 2. The van der Waals surface area contributed by atoms with Gasteiger partial charge in [-0.15, -0.1) is 0 Å². The number of carbonyl (C=O) groups excluding carboxylic acids is 4. The number of methoxy groups -OCH3 is 1. The minimum absolute atomic E-state index is 0.0972. The number of piperidine rings is 1. The summed E-state index contributed by atoms with van der Waals surface area (Å²) in [5.74, 6) is -0.438. The highest BCUT2D eigenvalue weighted by atomic mass is 16.5. The molecule has 4 rings (SSSR count). The van der Waals surface area contributed by atoms with Gasteiger partial charge in [0.15, 0.2) is 0 Å². The number of hydrogen-bond donors (Lipinski definition) is 2. The zero-order valence-corrected chi connectivity index (χ0v) is 20.4. The van der Waals surface area contributed by atoms with Crippen LogP contribution >= 0.6 is 0 Å². The normalized spacial score (nSPS) is 19.5. The molecule has 2 aliphatic heterocycles. The number of carbonyl (C=O) groups is 4. The van der Waals surface area contributed by atoms with E-state index in [0.29, 0.717) is 30.0 Å². The van der Waals surface area contributed by atoms with E-state index in [1.165, 1.54) is 9.80 Å². The summed E-state index contributed by atoms with van der Waals surface area (Å²) in [6.07, 6.45) is 1.43. The Labute approximate surface area is 209 Å². The van der Waals surface area contributed by atoms with Crippen molar-refractivity contribution in [2.75, 3.05) is 32.1 Å². The van der Waals surface area contributed by atoms with Gasteiger partial charge < -0.3 is 25.0 Å². The van der Waals surface area contributed by atoms with Crippen molar-refractivity contribution >= 4 is 29.5 Å². The van der Waals surface area contributed by atoms with Gasteiger partial charge in [-0.1, -0.05) is 12.1 Å². The van der Waals surface area contributed by atoms with Gasteiger partial charge in [-0.2, -0.15) is 0 Å². The third kappa shape index (κ3) is 5.49. The second-order valence-electron chi connectivity index (χ2n) is 8.67. The minimum atomic E-state index is -0.564. The number of urea groups is 1. The Kier molecular flexibility index (Phi) is 7.84. The molecule has 0 bridgehead atoms. The van der Waals surface area contributed by atoms with Crippen LogP contribution in [0.25, 0.3) is 0 Å². The maximum absolute atomic E-state index is 13.4. The fourth-order valence-corrected chi connectivity index (χ4v) is 4.52. The van der Waals surface area contributed by atoms with Gasteiger partial charge in [-0.05, 0) is 68.3 Å². The molecule has 2 N–H and O–H groups in total. The molecule has 4 amide bonds. The highest BCUT2D eigenvalue weighted by Gasteiger charge is 2.47. The van der Waals surface area contributed by atoms with Gasteiger partial charge in [-0.25, -0.2) is 9.59 Å². The highest BCUT2D eigenvalue weighted by Crippen LogP contribution is 2.26. The van der Waals surface area contributed by atoms with Gasteiger partial charge in [0.1, 0.15) is 18.3 Å². The van der Waals surface area contributed by atoms with Gasteiger partial charge in [-0.3, -0.25) is 14.5 Å². The van der Waals surface area contributed by atoms with Crippen LogP contribution in [0.4, 0.5) is 10.5 Å². The van der Waals surface area contributed by atoms with E-state index >= 15 is 0 Å². The van der Waals surface area contributed by atoms with Crippen LogP contribution < -0.4 is 15.4 Å². The van der Waals surface area contributed by atoms with E-state index in [9.17, 15) is 19.2 Å². The Hall–Kier alpha value is -3.92. The summed E-state index contributed by atoms with van der Waals surface area (Å²) in [7, 11) is 1.57. The lowest BCUT2D eigenvalue weighted by atomic mass is 9.93. The number of benzene rings is 2. The first-order valence-electron chi connectivity index (χ1n) is 12.0.